The van der Waals surface area contributed by atoms with Crippen LogP contribution in [0.2, 0.25) is 0 Å². The van der Waals surface area contributed by atoms with Crippen molar-refractivity contribution >= 4 is 16.7 Å². The molecular weight excluding hydrogens is 368 g/mol. The maximum Gasteiger partial charge on any atom is 0.272 e. The van der Waals surface area contributed by atoms with Gasteiger partial charge in [-0.15, -0.1) is 0 Å². The Kier molecular flexibility index (Phi) is 5.29. The SMILES string of the molecule is O=C(NCc1ccnc(OCc2ccccc2)c1)c1n[nH]c(=O)c2ccccc12. The summed E-state index contributed by atoms with van der Waals surface area (Å²) in [6.07, 6.45) is 1.63. The molecule has 29 heavy (non-hydrogen) atoms. The maximum atomic E-state index is 12.6. The number of nitrogens with zero attached hydrogens (tertiary/aromatic N) is 2. The van der Waals surface area contributed by atoms with Gasteiger partial charge < -0.3 is 10.1 Å². The number of carbonyl (C=O) groups excluding carboxylic acids is 1. The fourth-order valence-corrected chi connectivity index (χ4v) is 2.92. The van der Waals surface area contributed by atoms with Gasteiger partial charge in [0.2, 0.25) is 5.88 Å². The van der Waals surface area contributed by atoms with Crippen LogP contribution >= 0.6 is 0 Å². The predicted octanol–water partition coefficient (Wildman–Crippen LogP) is 2.83. The summed E-state index contributed by atoms with van der Waals surface area (Å²) in [5, 5.41) is 10.0. The van der Waals surface area contributed by atoms with Crippen molar-refractivity contribution in [3.05, 3.63) is 100 Å². The van der Waals surface area contributed by atoms with Gasteiger partial charge in [-0.2, -0.15) is 5.10 Å². The Morgan fingerprint density at radius 3 is 2.55 bits per heavy atom. The Morgan fingerprint density at radius 2 is 1.72 bits per heavy atom. The molecule has 2 heterocycles. The summed E-state index contributed by atoms with van der Waals surface area (Å²) in [5.41, 5.74) is 1.73. The molecule has 0 unspecified atom stereocenters. The van der Waals surface area contributed by atoms with Crippen molar-refractivity contribution in [3.8, 4) is 5.88 Å². The van der Waals surface area contributed by atoms with Gasteiger partial charge in [-0.25, -0.2) is 10.1 Å². The van der Waals surface area contributed by atoms with Crippen LogP contribution in [0.25, 0.3) is 10.8 Å². The van der Waals surface area contributed by atoms with Gasteiger partial charge >= 0.3 is 0 Å². The summed E-state index contributed by atoms with van der Waals surface area (Å²) in [4.78, 5) is 28.7. The number of hydrogen-bond acceptors (Lipinski definition) is 5. The van der Waals surface area contributed by atoms with Crippen molar-refractivity contribution in [1.82, 2.24) is 20.5 Å². The average molecular weight is 386 g/mol. The molecular formula is C22H18N4O3. The van der Waals surface area contributed by atoms with Crippen LogP contribution in [-0.2, 0) is 13.2 Å². The molecule has 2 aromatic carbocycles. The van der Waals surface area contributed by atoms with E-state index in [-0.39, 0.29) is 23.7 Å². The Morgan fingerprint density at radius 1 is 0.966 bits per heavy atom. The quantitative estimate of drug-likeness (QED) is 0.531. The lowest BCUT2D eigenvalue weighted by atomic mass is 10.1. The Bertz CT molecular complexity index is 1210. The van der Waals surface area contributed by atoms with E-state index < -0.39 is 0 Å². The standard InChI is InChI=1S/C22H18N4O3/c27-21-18-9-5-4-8-17(18)20(25-26-21)22(28)24-13-16-10-11-23-19(12-16)29-14-15-6-2-1-3-7-15/h1-12H,13-14H2,(H,24,28)(H,26,27). The van der Waals surface area contributed by atoms with E-state index >= 15 is 0 Å². The van der Waals surface area contributed by atoms with Crippen LogP contribution in [0, 0.1) is 0 Å². The normalized spacial score (nSPS) is 10.6. The highest BCUT2D eigenvalue weighted by Gasteiger charge is 2.13. The van der Waals surface area contributed by atoms with Crippen LogP contribution in [-0.4, -0.2) is 21.1 Å². The zero-order valence-corrected chi connectivity index (χ0v) is 15.5. The summed E-state index contributed by atoms with van der Waals surface area (Å²) >= 11 is 0. The van der Waals surface area contributed by atoms with Crippen LogP contribution < -0.4 is 15.6 Å². The van der Waals surface area contributed by atoms with Crippen molar-refractivity contribution in [2.45, 2.75) is 13.2 Å². The number of fused-ring (bicyclic) bond motifs is 1. The van der Waals surface area contributed by atoms with Gasteiger partial charge in [0, 0.05) is 24.2 Å². The third kappa shape index (κ3) is 4.30. The Balaban J connectivity index is 1.44. The number of aromatic amines is 1. The van der Waals surface area contributed by atoms with Crippen molar-refractivity contribution in [3.63, 3.8) is 0 Å². The first-order valence-corrected chi connectivity index (χ1v) is 9.08. The van der Waals surface area contributed by atoms with E-state index in [1.54, 1.807) is 42.6 Å². The lowest BCUT2D eigenvalue weighted by Gasteiger charge is -2.09. The molecule has 7 nitrogen and oxygen atoms in total. The summed E-state index contributed by atoms with van der Waals surface area (Å²) in [6.45, 7) is 0.690. The van der Waals surface area contributed by atoms with Gasteiger partial charge in [-0.1, -0.05) is 48.5 Å². The monoisotopic (exact) mass is 386 g/mol. The zero-order chi connectivity index (χ0) is 20.1. The smallest absolute Gasteiger partial charge is 0.272 e. The van der Waals surface area contributed by atoms with E-state index in [9.17, 15) is 9.59 Å². The van der Waals surface area contributed by atoms with Gasteiger partial charge in [0.25, 0.3) is 11.5 Å². The van der Waals surface area contributed by atoms with E-state index in [2.05, 4.69) is 20.5 Å². The minimum atomic E-state index is -0.374. The first-order valence-electron chi connectivity index (χ1n) is 9.08. The second-order valence-electron chi connectivity index (χ2n) is 6.41. The van der Waals surface area contributed by atoms with Gasteiger partial charge in [-0.3, -0.25) is 9.59 Å². The zero-order valence-electron chi connectivity index (χ0n) is 15.5. The molecule has 0 fully saturated rings. The van der Waals surface area contributed by atoms with Crippen molar-refractivity contribution in [2.24, 2.45) is 0 Å². The molecule has 0 aliphatic carbocycles. The molecule has 4 aromatic rings. The summed E-state index contributed by atoms with van der Waals surface area (Å²) in [6, 6.07) is 20.3. The Labute approximate surface area is 166 Å². The van der Waals surface area contributed by atoms with Gasteiger partial charge in [-0.05, 0) is 23.3 Å². The second kappa shape index (κ2) is 8.35. The first-order chi connectivity index (χ1) is 14.2. The molecule has 0 bridgehead atoms. The largest absolute Gasteiger partial charge is 0.473 e. The number of benzene rings is 2. The highest BCUT2D eigenvalue weighted by atomic mass is 16.5. The van der Waals surface area contributed by atoms with Crippen LogP contribution in [0.5, 0.6) is 5.88 Å². The summed E-state index contributed by atoms with van der Waals surface area (Å²) in [7, 11) is 0. The van der Waals surface area contributed by atoms with Crippen LogP contribution in [0.1, 0.15) is 21.6 Å². The molecule has 0 radical (unpaired) electrons. The van der Waals surface area contributed by atoms with Crippen LogP contribution in [0.4, 0.5) is 0 Å². The maximum absolute atomic E-state index is 12.6. The number of nitrogens with one attached hydrogen (secondary N) is 2. The van der Waals surface area contributed by atoms with Crippen molar-refractivity contribution in [1.29, 1.82) is 0 Å². The molecule has 0 aliphatic rings. The number of amides is 1. The third-order valence-electron chi connectivity index (χ3n) is 4.39. The summed E-state index contributed by atoms with van der Waals surface area (Å²) < 4.78 is 5.72. The molecule has 0 atom stereocenters. The third-order valence-corrected chi connectivity index (χ3v) is 4.39. The lowest BCUT2D eigenvalue weighted by Crippen LogP contribution is -2.26. The van der Waals surface area contributed by atoms with Crippen LogP contribution in [0.15, 0.2) is 77.7 Å². The summed E-state index contributed by atoms with van der Waals surface area (Å²) in [5.74, 6) is 0.106. The minimum absolute atomic E-state index is 0.176. The minimum Gasteiger partial charge on any atom is -0.473 e. The molecule has 2 aromatic heterocycles. The molecule has 7 heteroatoms. The fourth-order valence-electron chi connectivity index (χ4n) is 2.92. The molecule has 0 aliphatic heterocycles. The van der Waals surface area contributed by atoms with Gasteiger partial charge in [0.1, 0.15) is 6.61 Å². The topological polar surface area (TPSA) is 97.0 Å². The van der Waals surface area contributed by atoms with Gasteiger partial charge in [0.15, 0.2) is 5.69 Å². The predicted molar refractivity (Wildman–Crippen MR) is 109 cm³/mol. The number of rotatable bonds is 6. The number of pyridine rings is 1. The van der Waals surface area contributed by atoms with E-state index in [1.165, 1.54) is 0 Å². The number of hydrogen-bond donors (Lipinski definition) is 2. The molecule has 0 spiro atoms. The fraction of sp³-hybridized carbons (Fsp3) is 0.0909. The van der Waals surface area contributed by atoms with E-state index in [0.29, 0.717) is 23.3 Å². The molecule has 0 saturated carbocycles. The number of ether oxygens (including phenoxy) is 1. The first kappa shape index (κ1) is 18.4. The molecule has 1 amide bonds. The molecule has 4 rings (SSSR count). The number of aromatic nitrogens is 3. The van der Waals surface area contributed by atoms with Crippen LogP contribution in [0.3, 0.4) is 0 Å². The molecule has 144 valence electrons. The Hall–Kier alpha value is -4.00. The van der Waals surface area contributed by atoms with E-state index in [4.69, 9.17) is 4.74 Å². The second-order valence-corrected chi connectivity index (χ2v) is 6.41. The highest BCUT2D eigenvalue weighted by Crippen LogP contribution is 2.14. The van der Waals surface area contributed by atoms with E-state index in [0.717, 1.165) is 11.1 Å². The lowest BCUT2D eigenvalue weighted by molar-refractivity contribution is 0.0946. The van der Waals surface area contributed by atoms with E-state index in [1.807, 2.05) is 30.3 Å². The van der Waals surface area contributed by atoms with Crippen molar-refractivity contribution < 1.29 is 9.53 Å². The molecule has 2 N–H and O–H groups in total. The average Bonchev–Trinajstić information content (AvgIpc) is 2.77. The van der Waals surface area contributed by atoms with Gasteiger partial charge in [0.05, 0.1) is 5.39 Å². The highest BCUT2D eigenvalue weighted by molar-refractivity contribution is 6.04. The number of H-pyrrole nitrogens is 1. The molecule has 0 saturated heterocycles. The van der Waals surface area contributed by atoms with Crippen molar-refractivity contribution in [2.75, 3.05) is 0 Å². The number of carbonyl (C=O) groups is 1.